The van der Waals surface area contributed by atoms with E-state index in [1.807, 2.05) is 93.7 Å². The lowest BCUT2D eigenvalue weighted by Gasteiger charge is -2.10. The van der Waals surface area contributed by atoms with Gasteiger partial charge >= 0.3 is 5.97 Å². The molecule has 0 heterocycles. The van der Waals surface area contributed by atoms with Crippen molar-refractivity contribution in [3.8, 4) is 11.5 Å². The molecule has 0 fully saturated rings. The van der Waals surface area contributed by atoms with Gasteiger partial charge in [0.1, 0.15) is 17.1 Å². The molecule has 0 aliphatic carbocycles. The first-order chi connectivity index (χ1) is 15.0. The molecule has 0 aromatic heterocycles. The average molecular weight is 651 g/mol. The van der Waals surface area contributed by atoms with E-state index >= 15 is 0 Å². The maximum Gasteiger partial charge on any atom is 0.348 e. The van der Waals surface area contributed by atoms with E-state index in [9.17, 15) is 9.90 Å². The fourth-order valence-corrected chi connectivity index (χ4v) is 6.25. The van der Waals surface area contributed by atoms with Crippen LogP contribution in [-0.4, -0.2) is 11.1 Å². The molecule has 0 bridgehead atoms. The first kappa shape index (κ1) is 22.2. The van der Waals surface area contributed by atoms with Gasteiger partial charge in [-0.25, -0.2) is 4.79 Å². The Morgan fingerprint density at radius 1 is 0.677 bits per heavy atom. The highest BCUT2D eigenvalue weighted by Crippen LogP contribution is 2.33. The Morgan fingerprint density at radius 2 is 1.16 bits per heavy atom. The van der Waals surface area contributed by atoms with Gasteiger partial charge in [-0.15, -0.1) is 0 Å². The zero-order chi connectivity index (χ0) is 21.8. The van der Waals surface area contributed by atoms with E-state index in [2.05, 4.69) is 24.3 Å². The third-order valence-corrected chi connectivity index (χ3v) is 8.51. The predicted molar refractivity (Wildman–Crippen MR) is 140 cm³/mol. The molecule has 0 aliphatic rings. The maximum absolute atomic E-state index is 12.7. The highest BCUT2D eigenvalue weighted by atomic mass is 127. The molecule has 0 atom stereocenters. The van der Waals surface area contributed by atoms with Crippen LogP contribution in [0, 0.1) is 7.14 Å². The van der Waals surface area contributed by atoms with E-state index in [-0.39, 0.29) is 22.2 Å². The lowest BCUT2D eigenvalue weighted by atomic mass is 10.2. The van der Waals surface area contributed by atoms with E-state index in [1.165, 1.54) is 9.79 Å². The highest BCUT2D eigenvalue weighted by molar-refractivity contribution is 14.1. The van der Waals surface area contributed by atoms with E-state index in [0.717, 1.165) is 4.90 Å². The van der Waals surface area contributed by atoms with Crippen molar-refractivity contribution in [2.24, 2.45) is 0 Å². The second kappa shape index (κ2) is 10.1. The molecular weight excluding hydrogens is 634 g/mol. The van der Waals surface area contributed by atoms with Crippen LogP contribution in [0.2, 0.25) is 0 Å². The summed E-state index contributed by atoms with van der Waals surface area (Å²) in [5, 5.41) is 10.3. The molecule has 4 rings (SSSR count). The van der Waals surface area contributed by atoms with E-state index < -0.39 is 5.97 Å². The smallest absolute Gasteiger partial charge is 0.348 e. The Morgan fingerprint density at radius 3 is 1.71 bits per heavy atom. The number of halogens is 2. The Bertz CT molecular complexity index is 1160. The third kappa shape index (κ3) is 5.07. The number of phenols is 1. The van der Waals surface area contributed by atoms with Crippen molar-refractivity contribution in [3.63, 3.8) is 0 Å². The normalized spacial score (nSPS) is 10.8. The van der Waals surface area contributed by atoms with Crippen LogP contribution < -0.4 is 4.74 Å². The molecule has 0 amide bonds. The average Bonchev–Trinajstić information content (AvgIpc) is 2.79. The van der Waals surface area contributed by atoms with Gasteiger partial charge in [-0.2, -0.15) is 0 Å². The number of rotatable bonds is 5. The molecule has 31 heavy (non-hydrogen) atoms. The minimum atomic E-state index is -0.571. The molecule has 3 nitrogen and oxygen atoms in total. The molecule has 0 unspecified atom stereocenters. The number of ether oxygens (including phenoxy) is 1. The summed E-state index contributed by atoms with van der Waals surface area (Å²) >= 11 is 4.02. The van der Waals surface area contributed by atoms with Crippen molar-refractivity contribution >= 4 is 62.0 Å². The van der Waals surface area contributed by atoms with Gasteiger partial charge in [0.25, 0.3) is 0 Å². The highest BCUT2D eigenvalue weighted by Gasteiger charge is 2.28. The molecule has 0 spiro atoms. The fourth-order valence-electron chi connectivity index (χ4n) is 3.06. The number of benzene rings is 4. The first-order valence-electron chi connectivity index (χ1n) is 9.38. The van der Waals surface area contributed by atoms with Crippen molar-refractivity contribution in [1.29, 1.82) is 0 Å². The largest absolute Gasteiger partial charge is 0.506 e. The molecule has 4 aromatic carbocycles. The zero-order valence-corrected chi connectivity index (χ0v) is 21.3. The molecule has 0 radical (unpaired) electrons. The molecule has 0 saturated heterocycles. The lowest BCUT2D eigenvalue weighted by molar-refractivity contribution is 0.0730. The van der Waals surface area contributed by atoms with Crippen molar-refractivity contribution in [2.45, 2.75) is 14.7 Å². The number of aromatic hydroxyl groups is 1. The van der Waals surface area contributed by atoms with Gasteiger partial charge in [-0.3, -0.25) is 0 Å². The summed E-state index contributed by atoms with van der Waals surface area (Å²) < 4.78 is 6.81. The number of esters is 1. The number of hydrogen-bond donors (Lipinski definition) is 1. The van der Waals surface area contributed by atoms with Crippen LogP contribution in [0.3, 0.4) is 0 Å². The van der Waals surface area contributed by atoms with Crippen molar-refractivity contribution in [2.75, 3.05) is 0 Å². The van der Waals surface area contributed by atoms with Gasteiger partial charge in [-0.1, -0.05) is 36.4 Å². The van der Waals surface area contributed by atoms with E-state index in [0.29, 0.717) is 12.9 Å². The van der Waals surface area contributed by atoms with Gasteiger partial charge < -0.3 is 9.84 Å². The third-order valence-electron chi connectivity index (χ3n) is 4.51. The summed E-state index contributed by atoms with van der Waals surface area (Å²) in [5.41, 5.74) is 0.185. The van der Waals surface area contributed by atoms with Crippen LogP contribution in [0.1, 0.15) is 10.4 Å². The van der Waals surface area contributed by atoms with Crippen LogP contribution in [0.25, 0.3) is 0 Å². The van der Waals surface area contributed by atoms with Gasteiger partial charge in [-0.05, 0) is 106 Å². The summed E-state index contributed by atoms with van der Waals surface area (Å²) in [4.78, 5) is 16.2. The van der Waals surface area contributed by atoms with Gasteiger partial charge in [0, 0.05) is 3.57 Å². The van der Waals surface area contributed by atoms with Gasteiger partial charge in [0.05, 0.1) is 14.5 Å². The minimum absolute atomic E-state index is 0.0520. The number of carbonyl (C=O) groups excluding carboxylic acids is 1. The second-order valence-electron chi connectivity index (χ2n) is 6.55. The summed E-state index contributed by atoms with van der Waals surface area (Å²) in [7, 11) is -0.265. The predicted octanol–water partition coefficient (Wildman–Crippen LogP) is 6.92. The number of phenolic OH excluding ortho intramolecular Hbond substituents is 1. The molecule has 154 valence electrons. The molecule has 6 heteroatoms. The first-order valence-corrected chi connectivity index (χ1v) is 12.8. The van der Waals surface area contributed by atoms with Crippen LogP contribution in [-0.2, 0) is 10.9 Å². The minimum Gasteiger partial charge on any atom is -0.506 e. The van der Waals surface area contributed by atoms with Crippen LogP contribution in [0.15, 0.2) is 112 Å². The molecular formula is C25H17I2O3S+. The Balaban J connectivity index is 1.63. The molecule has 4 aromatic rings. The van der Waals surface area contributed by atoms with Crippen molar-refractivity contribution in [1.82, 2.24) is 0 Å². The second-order valence-corrected chi connectivity index (χ2v) is 10.9. The lowest BCUT2D eigenvalue weighted by Crippen LogP contribution is -2.11. The van der Waals surface area contributed by atoms with Crippen LogP contribution in [0.5, 0.6) is 11.5 Å². The molecule has 0 saturated carbocycles. The molecule has 0 aliphatic heterocycles. The standard InChI is InChI=1S/C25H16I2O3S/c26-21-15-16-22(27)24(28)23(21)25(29)30-17-11-13-20(14-12-17)31(18-7-3-1-4-8-18)19-9-5-2-6-10-19/h1-16H/p+1. The fraction of sp³-hybridized carbons (Fsp3) is 0. The Kier molecular flexibility index (Phi) is 7.19. The number of hydrogen-bond acceptors (Lipinski definition) is 3. The zero-order valence-electron chi connectivity index (χ0n) is 16.2. The summed E-state index contributed by atoms with van der Waals surface area (Å²) in [6.45, 7) is 0. The summed E-state index contributed by atoms with van der Waals surface area (Å²) in [6.07, 6.45) is 0. The molecule has 1 N–H and O–H groups in total. The maximum atomic E-state index is 12.7. The topological polar surface area (TPSA) is 46.5 Å². The monoisotopic (exact) mass is 651 g/mol. The SMILES string of the molecule is O=C(Oc1ccc([S+](c2ccccc2)c2ccccc2)cc1)c1c(I)ccc(I)c1O. The van der Waals surface area contributed by atoms with Crippen molar-refractivity contribution < 1.29 is 14.6 Å². The van der Waals surface area contributed by atoms with E-state index in [4.69, 9.17) is 4.74 Å². The van der Waals surface area contributed by atoms with Crippen LogP contribution >= 0.6 is 45.2 Å². The quantitative estimate of drug-likeness (QED) is 0.110. The summed E-state index contributed by atoms with van der Waals surface area (Å²) in [6, 6.07) is 31.9. The van der Waals surface area contributed by atoms with Crippen LogP contribution in [0.4, 0.5) is 0 Å². The number of carbonyl (C=O) groups is 1. The Labute approximate surface area is 211 Å². The van der Waals surface area contributed by atoms with Gasteiger partial charge in [0.15, 0.2) is 14.7 Å². The van der Waals surface area contributed by atoms with Gasteiger partial charge in [0.2, 0.25) is 0 Å². The van der Waals surface area contributed by atoms with E-state index in [1.54, 1.807) is 24.3 Å². The van der Waals surface area contributed by atoms with Crippen molar-refractivity contribution in [3.05, 3.63) is 110 Å². The Hall–Kier alpha value is -2.04. The summed E-state index contributed by atoms with van der Waals surface area (Å²) in [5.74, 6) is -0.186.